The number of benzene rings is 1. The van der Waals surface area contributed by atoms with Crippen LogP contribution in [0.5, 0.6) is 5.75 Å². The van der Waals surface area contributed by atoms with Crippen LogP contribution in [-0.2, 0) is 0 Å². The second kappa shape index (κ2) is 6.67. The second-order valence-corrected chi connectivity index (χ2v) is 7.20. The Bertz CT molecular complexity index is 384. The van der Waals surface area contributed by atoms with Crippen LogP contribution in [0.1, 0.15) is 44.7 Å². The minimum Gasteiger partial charge on any atom is -0.497 e. The molecule has 106 valence electrons. The third-order valence-corrected chi connectivity index (χ3v) is 5.49. The number of hydrogen-bond acceptors (Lipinski definition) is 3. The first-order valence-electron chi connectivity index (χ1n) is 7.18. The molecule has 2 rings (SSSR count). The Balaban J connectivity index is 1.95. The summed E-state index contributed by atoms with van der Waals surface area (Å²) in [4.78, 5) is 0. The van der Waals surface area contributed by atoms with E-state index in [4.69, 9.17) is 4.74 Å². The van der Waals surface area contributed by atoms with Gasteiger partial charge in [0.1, 0.15) is 5.75 Å². The van der Waals surface area contributed by atoms with Crippen molar-refractivity contribution in [1.82, 2.24) is 5.32 Å². The van der Waals surface area contributed by atoms with Gasteiger partial charge >= 0.3 is 0 Å². The van der Waals surface area contributed by atoms with Crippen LogP contribution in [0, 0.1) is 0 Å². The molecule has 1 aromatic carbocycles. The molecule has 3 heteroatoms. The molecule has 0 aliphatic carbocycles. The molecule has 1 fully saturated rings. The standard InChI is InChI=1S/C16H25NOS/c1-4-15(13-6-8-14(18-3)9-7-13)17-12-16(2)10-5-11-19-16/h6-9,15,17H,4-5,10-12H2,1-3H3. The Morgan fingerprint density at radius 2 is 2.11 bits per heavy atom. The first-order chi connectivity index (χ1) is 9.17. The summed E-state index contributed by atoms with van der Waals surface area (Å²) in [6.07, 6.45) is 3.82. The summed E-state index contributed by atoms with van der Waals surface area (Å²) in [7, 11) is 1.71. The monoisotopic (exact) mass is 279 g/mol. The van der Waals surface area contributed by atoms with Gasteiger partial charge in [-0.25, -0.2) is 0 Å². The van der Waals surface area contributed by atoms with E-state index >= 15 is 0 Å². The van der Waals surface area contributed by atoms with Gasteiger partial charge in [-0.05, 0) is 49.6 Å². The number of hydrogen-bond donors (Lipinski definition) is 1. The van der Waals surface area contributed by atoms with Gasteiger partial charge in [0.05, 0.1) is 7.11 Å². The molecule has 1 aliphatic rings. The summed E-state index contributed by atoms with van der Waals surface area (Å²) >= 11 is 2.12. The molecule has 0 saturated carbocycles. The lowest BCUT2D eigenvalue weighted by Crippen LogP contribution is -2.35. The largest absolute Gasteiger partial charge is 0.497 e. The van der Waals surface area contributed by atoms with Crippen molar-refractivity contribution in [2.75, 3.05) is 19.4 Å². The lowest BCUT2D eigenvalue weighted by molar-refractivity contribution is 0.413. The molecule has 1 aromatic rings. The first-order valence-corrected chi connectivity index (χ1v) is 8.17. The number of thioether (sulfide) groups is 1. The third-order valence-electron chi connectivity index (χ3n) is 3.95. The Hall–Kier alpha value is -0.670. The van der Waals surface area contributed by atoms with Crippen LogP contribution in [0.4, 0.5) is 0 Å². The van der Waals surface area contributed by atoms with E-state index in [0.29, 0.717) is 10.8 Å². The fourth-order valence-corrected chi connectivity index (χ4v) is 3.91. The lowest BCUT2D eigenvalue weighted by Gasteiger charge is -2.27. The minimum atomic E-state index is 0.430. The molecular formula is C16H25NOS. The van der Waals surface area contributed by atoms with E-state index in [0.717, 1.165) is 18.7 Å². The molecule has 19 heavy (non-hydrogen) atoms. The number of ether oxygens (including phenoxy) is 1. The smallest absolute Gasteiger partial charge is 0.118 e. The van der Waals surface area contributed by atoms with Gasteiger partial charge in [0.15, 0.2) is 0 Å². The van der Waals surface area contributed by atoms with Gasteiger partial charge in [-0.3, -0.25) is 0 Å². The summed E-state index contributed by atoms with van der Waals surface area (Å²) in [5.41, 5.74) is 1.36. The van der Waals surface area contributed by atoms with Crippen LogP contribution in [0.15, 0.2) is 24.3 Å². The summed E-state index contributed by atoms with van der Waals surface area (Å²) in [5.74, 6) is 2.24. The topological polar surface area (TPSA) is 21.3 Å². The van der Waals surface area contributed by atoms with Crippen LogP contribution in [-0.4, -0.2) is 24.2 Å². The summed E-state index contributed by atoms with van der Waals surface area (Å²) < 4.78 is 5.65. The van der Waals surface area contributed by atoms with Crippen molar-refractivity contribution in [2.45, 2.75) is 43.9 Å². The molecular weight excluding hydrogens is 254 g/mol. The summed E-state index contributed by atoms with van der Waals surface area (Å²) in [5, 5.41) is 3.74. The number of nitrogens with one attached hydrogen (secondary N) is 1. The van der Waals surface area contributed by atoms with E-state index < -0.39 is 0 Å². The molecule has 1 saturated heterocycles. The van der Waals surface area contributed by atoms with E-state index in [2.05, 4.69) is 43.1 Å². The molecule has 0 aromatic heterocycles. The summed E-state index contributed by atoms with van der Waals surface area (Å²) in [6, 6.07) is 8.88. The van der Waals surface area contributed by atoms with Crippen LogP contribution in [0.25, 0.3) is 0 Å². The zero-order valence-electron chi connectivity index (χ0n) is 12.2. The highest BCUT2D eigenvalue weighted by atomic mass is 32.2. The normalized spacial score (nSPS) is 24.4. The number of methoxy groups -OCH3 is 1. The average Bonchev–Trinajstić information content (AvgIpc) is 2.87. The van der Waals surface area contributed by atoms with Gasteiger partial charge in [0.25, 0.3) is 0 Å². The van der Waals surface area contributed by atoms with Crippen LogP contribution in [0.2, 0.25) is 0 Å². The van der Waals surface area contributed by atoms with Crippen molar-refractivity contribution in [3.05, 3.63) is 29.8 Å². The van der Waals surface area contributed by atoms with Crippen molar-refractivity contribution in [3.8, 4) is 5.75 Å². The fraction of sp³-hybridized carbons (Fsp3) is 0.625. The van der Waals surface area contributed by atoms with Crippen molar-refractivity contribution >= 4 is 11.8 Å². The molecule has 2 nitrogen and oxygen atoms in total. The zero-order chi connectivity index (χ0) is 13.7. The fourth-order valence-electron chi connectivity index (χ4n) is 2.65. The summed E-state index contributed by atoms with van der Waals surface area (Å²) in [6.45, 7) is 5.73. The van der Waals surface area contributed by atoms with E-state index in [1.807, 2.05) is 12.1 Å². The Morgan fingerprint density at radius 1 is 1.37 bits per heavy atom. The van der Waals surface area contributed by atoms with Gasteiger partial charge in [0, 0.05) is 17.3 Å². The number of rotatable bonds is 6. The predicted octanol–water partition coefficient (Wildman–Crippen LogP) is 4.02. The molecule has 2 atom stereocenters. The Labute approximate surface area is 121 Å². The van der Waals surface area contributed by atoms with E-state index in [9.17, 15) is 0 Å². The van der Waals surface area contributed by atoms with Crippen LogP contribution >= 0.6 is 11.8 Å². The highest BCUT2D eigenvalue weighted by Gasteiger charge is 2.29. The molecule has 2 unspecified atom stereocenters. The lowest BCUT2D eigenvalue weighted by atomic mass is 10.0. The molecule has 0 radical (unpaired) electrons. The molecule has 1 N–H and O–H groups in total. The van der Waals surface area contributed by atoms with E-state index in [1.165, 1.54) is 24.2 Å². The first kappa shape index (κ1) is 14.7. The quantitative estimate of drug-likeness (QED) is 0.849. The van der Waals surface area contributed by atoms with Crippen LogP contribution < -0.4 is 10.1 Å². The average molecular weight is 279 g/mol. The maximum Gasteiger partial charge on any atom is 0.118 e. The van der Waals surface area contributed by atoms with E-state index in [-0.39, 0.29) is 0 Å². The van der Waals surface area contributed by atoms with Crippen molar-refractivity contribution in [1.29, 1.82) is 0 Å². The Kier molecular flexibility index (Phi) is 5.17. The molecule has 0 spiro atoms. The zero-order valence-corrected chi connectivity index (χ0v) is 13.1. The van der Waals surface area contributed by atoms with Gasteiger partial charge in [0.2, 0.25) is 0 Å². The van der Waals surface area contributed by atoms with Crippen LogP contribution in [0.3, 0.4) is 0 Å². The maximum atomic E-state index is 5.22. The van der Waals surface area contributed by atoms with Gasteiger partial charge in [-0.1, -0.05) is 19.1 Å². The predicted molar refractivity (Wildman–Crippen MR) is 84.1 cm³/mol. The highest BCUT2D eigenvalue weighted by molar-refractivity contribution is 8.00. The van der Waals surface area contributed by atoms with Gasteiger partial charge in [-0.15, -0.1) is 0 Å². The molecule has 0 amide bonds. The molecule has 1 aliphatic heterocycles. The third kappa shape index (κ3) is 3.90. The SMILES string of the molecule is CCC(NCC1(C)CCCS1)c1ccc(OC)cc1. The van der Waals surface area contributed by atoms with Crippen molar-refractivity contribution in [2.24, 2.45) is 0 Å². The molecule has 1 heterocycles. The van der Waals surface area contributed by atoms with E-state index in [1.54, 1.807) is 7.11 Å². The van der Waals surface area contributed by atoms with Gasteiger partial charge < -0.3 is 10.1 Å². The molecule has 0 bridgehead atoms. The van der Waals surface area contributed by atoms with Crippen molar-refractivity contribution in [3.63, 3.8) is 0 Å². The maximum absolute atomic E-state index is 5.22. The highest BCUT2D eigenvalue weighted by Crippen LogP contribution is 2.37. The Morgan fingerprint density at radius 3 is 2.63 bits per heavy atom. The second-order valence-electron chi connectivity index (χ2n) is 5.52. The van der Waals surface area contributed by atoms with Gasteiger partial charge in [-0.2, -0.15) is 11.8 Å². The minimum absolute atomic E-state index is 0.430. The van der Waals surface area contributed by atoms with Crippen molar-refractivity contribution < 1.29 is 4.74 Å².